The first kappa shape index (κ1) is 22.7. The molecule has 0 aliphatic rings. The van der Waals surface area contributed by atoms with Gasteiger partial charge in [0, 0.05) is 62.3 Å². The average Bonchev–Trinajstić information content (AvgIpc) is 3.77. The predicted molar refractivity (Wildman–Crippen MR) is 177 cm³/mol. The molecule has 0 amide bonds. The molecule has 0 saturated heterocycles. The van der Waals surface area contributed by atoms with Gasteiger partial charge in [-0.3, -0.25) is 9.38 Å². The zero-order valence-corrected chi connectivity index (χ0v) is 23.0. The summed E-state index contributed by atoms with van der Waals surface area (Å²) in [6.07, 6.45) is 5.80. The largest absolute Gasteiger partial charge is 0.309 e. The number of fused-ring (bicyclic) bond motifs is 12. The minimum atomic E-state index is 0.924. The molecule has 0 unspecified atom stereocenters. The van der Waals surface area contributed by atoms with Gasteiger partial charge in [0.15, 0.2) is 0 Å². The van der Waals surface area contributed by atoms with Gasteiger partial charge < -0.3 is 9.13 Å². The maximum atomic E-state index is 4.85. The third-order valence-corrected chi connectivity index (χ3v) is 8.91. The van der Waals surface area contributed by atoms with E-state index in [1.165, 1.54) is 38.1 Å². The Kier molecular flexibility index (Phi) is 4.39. The van der Waals surface area contributed by atoms with Crippen LogP contribution in [0.25, 0.3) is 82.4 Å². The average molecular weight is 550 g/mol. The minimum absolute atomic E-state index is 0.924. The van der Waals surface area contributed by atoms with Crippen LogP contribution in [0.4, 0.5) is 0 Å². The highest BCUT2D eigenvalue weighted by molar-refractivity contribution is 6.22. The van der Waals surface area contributed by atoms with Crippen LogP contribution in [0.2, 0.25) is 0 Å². The molecule has 0 radical (unpaired) electrons. The molecule has 43 heavy (non-hydrogen) atoms. The van der Waals surface area contributed by atoms with Crippen LogP contribution >= 0.6 is 0 Å². The van der Waals surface area contributed by atoms with E-state index < -0.39 is 0 Å². The van der Waals surface area contributed by atoms with Crippen LogP contribution in [0.5, 0.6) is 0 Å². The van der Waals surface area contributed by atoms with E-state index in [0.29, 0.717) is 0 Å². The van der Waals surface area contributed by atoms with Gasteiger partial charge in [-0.2, -0.15) is 0 Å². The zero-order valence-electron chi connectivity index (χ0n) is 23.0. The van der Waals surface area contributed by atoms with E-state index in [4.69, 9.17) is 9.97 Å². The van der Waals surface area contributed by atoms with Gasteiger partial charge in [0.1, 0.15) is 5.65 Å². The number of para-hydroxylation sites is 3. The lowest BCUT2D eigenvalue weighted by Crippen LogP contribution is -1.95. The van der Waals surface area contributed by atoms with Gasteiger partial charge in [-0.25, -0.2) is 4.98 Å². The first-order chi connectivity index (χ1) is 21.3. The molecule has 0 aliphatic heterocycles. The van der Waals surface area contributed by atoms with Gasteiger partial charge in [-0.05, 0) is 66.7 Å². The maximum absolute atomic E-state index is 4.85. The van der Waals surface area contributed by atoms with Gasteiger partial charge in [-0.1, -0.05) is 54.6 Å². The quantitative estimate of drug-likeness (QED) is 0.202. The van der Waals surface area contributed by atoms with Crippen LogP contribution in [0, 0.1) is 0 Å². The fourth-order valence-electron chi connectivity index (χ4n) is 7.11. The predicted octanol–water partition coefficient (Wildman–Crippen LogP) is 9.23. The molecule has 200 valence electrons. The monoisotopic (exact) mass is 549 g/mol. The summed E-state index contributed by atoms with van der Waals surface area (Å²) in [4.78, 5) is 9.57. The molecule has 5 nitrogen and oxygen atoms in total. The fraction of sp³-hybridized carbons (Fsp3) is 0. The van der Waals surface area contributed by atoms with Crippen molar-refractivity contribution in [1.82, 2.24) is 23.5 Å². The molecule has 10 aromatic rings. The molecular weight excluding hydrogens is 526 g/mol. The van der Waals surface area contributed by atoms with Gasteiger partial charge in [-0.15, -0.1) is 0 Å². The Bertz CT molecular complexity index is 2710. The lowest BCUT2D eigenvalue weighted by molar-refractivity contribution is 1.17. The van der Waals surface area contributed by atoms with E-state index in [1.807, 2.05) is 18.5 Å². The van der Waals surface area contributed by atoms with Gasteiger partial charge >= 0.3 is 0 Å². The molecule has 5 heterocycles. The molecule has 0 saturated carbocycles. The van der Waals surface area contributed by atoms with Crippen LogP contribution in [0.3, 0.4) is 0 Å². The van der Waals surface area contributed by atoms with E-state index >= 15 is 0 Å². The smallest absolute Gasteiger partial charge is 0.146 e. The molecule has 5 heteroatoms. The summed E-state index contributed by atoms with van der Waals surface area (Å²) < 4.78 is 7.00. The van der Waals surface area contributed by atoms with E-state index in [2.05, 4.69) is 135 Å². The number of rotatable bonds is 2. The third-order valence-electron chi connectivity index (χ3n) is 8.91. The molecule has 0 bridgehead atoms. The molecular formula is C38H23N5. The Labute approximate surface area is 245 Å². The lowest BCUT2D eigenvalue weighted by Gasteiger charge is -2.10. The van der Waals surface area contributed by atoms with E-state index in [9.17, 15) is 0 Å². The summed E-state index contributed by atoms with van der Waals surface area (Å²) in [5.41, 5.74) is 10.0. The molecule has 0 atom stereocenters. The summed E-state index contributed by atoms with van der Waals surface area (Å²) >= 11 is 0. The van der Waals surface area contributed by atoms with Gasteiger partial charge in [0.25, 0.3) is 0 Å². The second kappa shape index (κ2) is 8.30. The SMILES string of the molecule is c1ccc(-n2c3ccccc3c3cc4c(cc32)c2cc3c(cc2n4-c2ccccc2)c2ncccc2c2nccn32)cc1. The summed E-state index contributed by atoms with van der Waals surface area (Å²) in [5.74, 6) is 0. The highest BCUT2D eigenvalue weighted by atomic mass is 15.0. The van der Waals surface area contributed by atoms with Crippen LogP contribution in [0.1, 0.15) is 0 Å². The number of benzene rings is 5. The van der Waals surface area contributed by atoms with E-state index in [-0.39, 0.29) is 0 Å². The molecule has 5 aromatic heterocycles. The van der Waals surface area contributed by atoms with Crippen molar-refractivity contribution in [3.63, 3.8) is 0 Å². The molecule has 0 spiro atoms. The first-order valence-corrected chi connectivity index (χ1v) is 14.5. The number of pyridine rings is 2. The number of imidazole rings is 1. The number of aromatic nitrogens is 5. The maximum Gasteiger partial charge on any atom is 0.146 e. The molecule has 10 rings (SSSR count). The normalized spacial score (nSPS) is 12.2. The van der Waals surface area contributed by atoms with Crippen molar-refractivity contribution in [3.05, 3.63) is 140 Å². The standard InChI is InChI=1S/C38H23N5/c1-3-10-24(11-4-1)42-32-16-8-7-14-26(32)28-21-35-30(22-34(28)42)29-20-33-31(23-36(29)43(35)25-12-5-2-6-13-25)37-27(15-9-17-39-37)38-40-18-19-41(33)38/h1-23H. The number of nitrogens with zero attached hydrogens (tertiary/aromatic N) is 5. The second-order valence-electron chi connectivity index (χ2n) is 11.2. The van der Waals surface area contributed by atoms with Crippen molar-refractivity contribution in [2.75, 3.05) is 0 Å². The Hall–Kier alpha value is -5.94. The summed E-state index contributed by atoms with van der Waals surface area (Å²) in [5, 5.41) is 7.05. The van der Waals surface area contributed by atoms with Crippen LogP contribution in [-0.4, -0.2) is 23.5 Å². The first-order valence-electron chi connectivity index (χ1n) is 14.5. The molecule has 5 aromatic carbocycles. The summed E-state index contributed by atoms with van der Waals surface area (Å²) in [6, 6.07) is 43.6. The van der Waals surface area contributed by atoms with E-state index in [0.717, 1.165) is 44.3 Å². The molecule has 0 aliphatic carbocycles. The third kappa shape index (κ3) is 3.00. The zero-order chi connectivity index (χ0) is 28.1. The Morgan fingerprint density at radius 2 is 0.953 bits per heavy atom. The van der Waals surface area contributed by atoms with Crippen molar-refractivity contribution < 1.29 is 0 Å². The van der Waals surface area contributed by atoms with Crippen LogP contribution < -0.4 is 0 Å². The highest BCUT2D eigenvalue weighted by Gasteiger charge is 2.20. The Balaban J connectivity index is 1.45. The van der Waals surface area contributed by atoms with Crippen molar-refractivity contribution in [2.45, 2.75) is 0 Å². The fourth-order valence-corrected chi connectivity index (χ4v) is 7.11. The van der Waals surface area contributed by atoms with Crippen molar-refractivity contribution >= 4 is 71.1 Å². The Morgan fingerprint density at radius 1 is 0.395 bits per heavy atom. The van der Waals surface area contributed by atoms with Crippen molar-refractivity contribution in [3.8, 4) is 11.4 Å². The van der Waals surface area contributed by atoms with Gasteiger partial charge in [0.05, 0.1) is 33.1 Å². The second-order valence-corrected chi connectivity index (χ2v) is 11.2. The molecule has 0 fully saturated rings. The summed E-state index contributed by atoms with van der Waals surface area (Å²) in [6.45, 7) is 0. The van der Waals surface area contributed by atoms with Crippen LogP contribution in [-0.2, 0) is 0 Å². The van der Waals surface area contributed by atoms with Crippen molar-refractivity contribution in [1.29, 1.82) is 0 Å². The Morgan fingerprint density at radius 3 is 1.67 bits per heavy atom. The van der Waals surface area contributed by atoms with Crippen LogP contribution in [0.15, 0.2) is 140 Å². The number of hydrogen-bond acceptors (Lipinski definition) is 2. The lowest BCUT2D eigenvalue weighted by atomic mass is 10.1. The molecule has 0 N–H and O–H groups in total. The van der Waals surface area contributed by atoms with Crippen molar-refractivity contribution in [2.24, 2.45) is 0 Å². The highest BCUT2D eigenvalue weighted by Crippen LogP contribution is 2.41. The minimum Gasteiger partial charge on any atom is -0.309 e. The summed E-state index contributed by atoms with van der Waals surface area (Å²) in [7, 11) is 0. The van der Waals surface area contributed by atoms with Gasteiger partial charge in [0.2, 0.25) is 0 Å². The topological polar surface area (TPSA) is 40.0 Å². The number of hydrogen-bond donors (Lipinski definition) is 0. The van der Waals surface area contributed by atoms with E-state index in [1.54, 1.807) is 0 Å².